The summed E-state index contributed by atoms with van der Waals surface area (Å²) in [4.78, 5) is 18.4. The molecule has 0 saturated carbocycles. The second-order valence-electron chi connectivity index (χ2n) is 7.84. The van der Waals surface area contributed by atoms with Crippen LogP contribution in [0.15, 0.2) is 82.5 Å². The zero-order chi connectivity index (χ0) is 23.8. The van der Waals surface area contributed by atoms with Gasteiger partial charge in [0.2, 0.25) is 10.0 Å². The van der Waals surface area contributed by atoms with E-state index in [1.165, 1.54) is 35.2 Å². The Hall–Kier alpha value is -3.49. The molecule has 4 rings (SSSR count). The van der Waals surface area contributed by atoms with Gasteiger partial charge in [0.25, 0.3) is 5.56 Å². The predicted octanol–water partition coefficient (Wildman–Crippen LogP) is 4.08. The number of aryl methyl sites for hydroxylation is 1. The van der Waals surface area contributed by atoms with Gasteiger partial charge in [-0.15, -0.1) is 0 Å². The number of rotatable bonds is 6. The van der Waals surface area contributed by atoms with Gasteiger partial charge in [0, 0.05) is 7.05 Å². The van der Waals surface area contributed by atoms with Crippen LogP contribution in [-0.2, 0) is 10.0 Å². The fourth-order valence-corrected chi connectivity index (χ4v) is 5.05. The number of nitrogens with zero attached hydrogens (tertiary/aromatic N) is 3. The molecule has 0 aliphatic carbocycles. The van der Waals surface area contributed by atoms with Gasteiger partial charge in [-0.2, -0.15) is 4.31 Å². The number of para-hydroxylation sites is 1. The zero-order valence-corrected chi connectivity index (χ0v) is 19.7. The lowest BCUT2D eigenvalue weighted by Gasteiger charge is -2.26. The number of aromatic nitrogens is 2. The van der Waals surface area contributed by atoms with Crippen molar-refractivity contribution < 1.29 is 13.2 Å². The van der Waals surface area contributed by atoms with Gasteiger partial charge in [-0.25, -0.2) is 13.4 Å². The maximum atomic E-state index is 13.5. The fraction of sp³-hybridized carbons (Fsp3) is 0.200. The number of sulfonamides is 1. The summed E-state index contributed by atoms with van der Waals surface area (Å²) in [6, 6.07) is 20.0. The summed E-state index contributed by atoms with van der Waals surface area (Å²) in [5, 5.41) is 0.468. The van der Waals surface area contributed by atoms with Crippen LogP contribution < -0.4 is 10.3 Å². The molecule has 7 nitrogen and oxygen atoms in total. The van der Waals surface area contributed by atoms with Crippen LogP contribution in [0.4, 0.5) is 0 Å². The molecule has 0 aliphatic heterocycles. The lowest BCUT2D eigenvalue weighted by molar-refractivity contribution is 0.379. The smallest absolute Gasteiger partial charge is 0.266 e. The van der Waals surface area contributed by atoms with Crippen molar-refractivity contribution in [2.45, 2.75) is 24.8 Å². The van der Waals surface area contributed by atoms with Gasteiger partial charge >= 0.3 is 0 Å². The minimum Gasteiger partial charge on any atom is -0.497 e. The molecule has 0 bridgehead atoms. The molecule has 1 heterocycles. The van der Waals surface area contributed by atoms with Crippen molar-refractivity contribution >= 4 is 20.9 Å². The van der Waals surface area contributed by atoms with Crippen molar-refractivity contribution in [3.63, 3.8) is 0 Å². The summed E-state index contributed by atoms with van der Waals surface area (Å²) in [5.74, 6) is 0.901. The standard InChI is InChI=1S/C25H25N3O4S/c1-17-8-7-9-19(16-17)28-24(26-23-11-6-5-10-22(23)25(28)29)18(2)27(3)33(30,31)21-14-12-20(32-4)13-15-21/h5-16,18H,1-4H3. The summed E-state index contributed by atoms with van der Waals surface area (Å²) in [5.41, 5.74) is 1.88. The van der Waals surface area contributed by atoms with Gasteiger partial charge in [-0.1, -0.05) is 24.3 Å². The van der Waals surface area contributed by atoms with E-state index >= 15 is 0 Å². The molecular weight excluding hydrogens is 438 g/mol. The molecule has 0 radical (unpaired) electrons. The summed E-state index contributed by atoms with van der Waals surface area (Å²) < 4.78 is 34.6. The topological polar surface area (TPSA) is 81.5 Å². The highest BCUT2D eigenvalue weighted by atomic mass is 32.2. The Morgan fingerprint density at radius 3 is 2.36 bits per heavy atom. The lowest BCUT2D eigenvalue weighted by atomic mass is 10.2. The van der Waals surface area contributed by atoms with Crippen LogP contribution in [0.5, 0.6) is 5.75 Å². The molecule has 8 heteroatoms. The first-order chi connectivity index (χ1) is 15.7. The summed E-state index contributed by atoms with van der Waals surface area (Å²) in [7, 11) is -0.848. The molecule has 0 amide bonds. The van der Waals surface area contributed by atoms with Crippen LogP contribution in [0.1, 0.15) is 24.4 Å². The number of fused-ring (bicyclic) bond motifs is 1. The second kappa shape index (κ2) is 8.80. The third kappa shape index (κ3) is 4.15. The number of benzene rings is 3. The van der Waals surface area contributed by atoms with E-state index in [0.717, 1.165) is 5.56 Å². The van der Waals surface area contributed by atoms with Crippen LogP contribution in [-0.4, -0.2) is 36.4 Å². The van der Waals surface area contributed by atoms with Crippen molar-refractivity contribution in [2.24, 2.45) is 0 Å². The molecule has 1 atom stereocenters. The predicted molar refractivity (Wildman–Crippen MR) is 128 cm³/mol. The third-order valence-corrected chi connectivity index (χ3v) is 7.66. The number of ether oxygens (including phenoxy) is 1. The maximum Gasteiger partial charge on any atom is 0.266 e. The zero-order valence-electron chi connectivity index (χ0n) is 18.9. The van der Waals surface area contributed by atoms with Gasteiger partial charge in [0.05, 0.1) is 34.6 Å². The maximum absolute atomic E-state index is 13.5. The van der Waals surface area contributed by atoms with Crippen molar-refractivity contribution in [3.8, 4) is 11.4 Å². The average Bonchev–Trinajstić information content (AvgIpc) is 2.83. The Labute approximate surface area is 192 Å². The third-order valence-electron chi connectivity index (χ3n) is 5.72. The van der Waals surface area contributed by atoms with E-state index in [1.54, 1.807) is 43.3 Å². The lowest BCUT2D eigenvalue weighted by Crippen LogP contribution is -2.35. The summed E-state index contributed by atoms with van der Waals surface area (Å²) in [6.07, 6.45) is 0. The first-order valence-corrected chi connectivity index (χ1v) is 11.9. The molecule has 1 aromatic heterocycles. The number of hydrogen-bond acceptors (Lipinski definition) is 5. The minimum absolute atomic E-state index is 0.128. The van der Waals surface area contributed by atoms with Crippen molar-refractivity contribution in [1.82, 2.24) is 13.9 Å². The van der Waals surface area contributed by atoms with Gasteiger partial charge in [-0.3, -0.25) is 9.36 Å². The Morgan fingerprint density at radius 1 is 1.00 bits per heavy atom. The Balaban J connectivity index is 1.89. The van der Waals surface area contributed by atoms with Crippen LogP contribution in [0.25, 0.3) is 16.6 Å². The SMILES string of the molecule is COc1ccc(S(=O)(=O)N(C)C(C)c2nc3ccccc3c(=O)n2-c2cccc(C)c2)cc1. The van der Waals surface area contributed by atoms with Gasteiger partial charge in [0.15, 0.2) is 0 Å². The minimum atomic E-state index is -3.86. The Bertz CT molecular complexity index is 1480. The monoisotopic (exact) mass is 463 g/mol. The highest BCUT2D eigenvalue weighted by Crippen LogP contribution is 2.28. The van der Waals surface area contributed by atoms with Crippen LogP contribution in [0, 0.1) is 6.92 Å². The largest absolute Gasteiger partial charge is 0.497 e. The van der Waals surface area contributed by atoms with Crippen LogP contribution in [0.3, 0.4) is 0 Å². The first kappa shape index (κ1) is 22.7. The normalized spacial score (nSPS) is 12.8. The number of methoxy groups -OCH3 is 1. The van der Waals surface area contributed by atoms with E-state index in [0.29, 0.717) is 28.2 Å². The van der Waals surface area contributed by atoms with E-state index in [4.69, 9.17) is 9.72 Å². The second-order valence-corrected chi connectivity index (χ2v) is 9.84. The molecule has 4 aromatic rings. The van der Waals surface area contributed by atoms with Gasteiger partial charge in [-0.05, 0) is 67.9 Å². The highest BCUT2D eigenvalue weighted by Gasteiger charge is 2.30. The molecule has 0 saturated heterocycles. The molecule has 0 N–H and O–H groups in total. The van der Waals surface area contributed by atoms with Crippen molar-refractivity contribution in [1.29, 1.82) is 0 Å². The van der Waals surface area contributed by atoms with Crippen molar-refractivity contribution in [3.05, 3.63) is 94.5 Å². The van der Waals surface area contributed by atoms with E-state index in [-0.39, 0.29) is 10.5 Å². The molecule has 33 heavy (non-hydrogen) atoms. The molecule has 0 fully saturated rings. The molecule has 0 spiro atoms. The fourth-order valence-electron chi connectivity index (χ4n) is 3.73. The molecule has 1 unspecified atom stereocenters. The van der Waals surface area contributed by atoms with E-state index < -0.39 is 16.1 Å². The molecule has 3 aromatic carbocycles. The van der Waals surface area contributed by atoms with Gasteiger partial charge in [0.1, 0.15) is 11.6 Å². The highest BCUT2D eigenvalue weighted by molar-refractivity contribution is 7.89. The Morgan fingerprint density at radius 2 is 1.70 bits per heavy atom. The van der Waals surface area contributed by atoms with E-state index in [9.17, 15) is 13.2 Å². The van der Waals surface area contributed by atoms with E-state index in [2.05, 4.69) is 0 Å². The average molecular weight is 464 g/mol. The van der Waals surface area contributed by atoms with Crippen molar-refractivity contribution in [2.75, 3.05) is 14.2 Å². The molecule has 170 valence electrons. The Kier molecular flexibility index (Phi) is 6.05. The number of hydrogen-bond donors (Lipinski definition) is 0. The van der Waals surface area contributed by atoms with Crippen LogP contribution in [0.2, 0.25) is 0 Å². The van der Waals surface area contributed by atoms with Gasteiger partial charge < -0.3 is 4.74 Å². The van der Waals surface area contributed by atoms with E-state index in [1.807, 2.05) is 31.2 Å². The summed E-state index contributed by atoms with van der Waals surface area (Å²) in [6.45, 7) is 3.66. The quantitative estimate of drug-likeness (QED) is 0.430. The summed E-state index contributed by atoms with van der Waals surface area (Å²) >= 11 is 0. The molecule has 0 aliphatic rings. The molecular formula is C25H25N3O4S. The first-order valence-electron chi connectivity index (χ1n) is 10.4. The van der Waals surface area contributed by atoms with Crippen LogP contribution >= 0.6 is 0 Å².